The molecule has 0 aliphatic carbocycles. The molecule has 19 heavy (non-hydrogen) atoms. The van der Waals surface area contributed by atoms with Crippen LogP contribution < -0.4 is 5.32 Å². The number of thiazole rings is 1. The molecular formula is C12H14N2O3S2. The van der Waals surface area contributed by atoms with Crippen molar-refractivity contribution in [2.75, 3.05) is 17.3 Å². The van der Waals surface area contributed by atoms with E-state index in [1.807, 2.05) is 25.1 Å². The minimum atomic E-state index is -3.12. The van der Waals surface area contributed by atoms with Gasteiger partial charge < -0.3 is 5.32 Å². The normalized spacial score (nSPS) is 11.7. The number of fused-ring (bicyclic) bond motifs is 1. The topological polar surface area (TPSA) is 76.1 Å². The quantitative estimate of drug-likeness (QED) is 0.936. The standard InChI is InChI=1S/C12H14N2O3S2/c1-8-4-3-5-9-11(8)14-12(18-9)13-10(15)6-7-19(2,16)17/h3-5H,6-7H2,1-2H3,(H,13,14,15). The molecule has 7 heteroatoms. The van der Waals surface area contributed by atoms with E-state index in [0.29, 0.717) is 5.13 Å². The molecule has 0 spiro atoms. The van der Waals surface area contributed by atoms with Gasteiger partial charge in [-0.2, -0.15) is 0 Å². The van der Waals surface area contributed by atoms with Crippen molar-refractivity contribution in [3.8, 4) is 0 Å². The smallest absolute Gasteiger partial charge is 0.227 e. The summed E-state index contributed by atoms with van der Waals surface area (Å²) >= 11 is 1.38. The Bertz CT molecular complexity index is 720. The van der Waals surface area contributed by atoms with Crippen LogP contribution >= 0.6 is 11.3 Å². The average molecular weight is 298 g/mol. The number of hydrogen-bond donors (Lipinski definition) is 1. The first-order chi connectivity index (χ1) is 8.85. The number of anilines is 1. The number of sulfone groups is 1. The van der Waals surface area contributed by atoms with Crippen LogP contribution in [0.15, 0.2) is 18.2 Å². The van der Waals surface area contributed by atoms with Crippen LogP contribution in [0.2, 0.25) is 0 Å². The van der Waals surface area contributed by atoms with Crippen molar-refractivity contribution in [1.82, 2.24) is 4.98 Å². The number of para-hydroxylation sites is 1. The third-order valence-corrected chi connectivity index (χ3v) is 4.45. The van der Waals surface area contributed by atoms with E-state index in [4.69, 9.17) is 0 Å². The molecule has 1 aromatic heterocycles. The van der Waals surface area contributed by atoms with Gasteiger partial charge in [-0.1, -0.05) is 23.5 Å². The van der Waals surface area contributed by atoms with Gasteiger partial charge in [-0.25, -0.2) is 13.4 Å². The third kappa shape index (κ3) is 3.74. The lowest BCUT2D eigenvalue weighted by molar-refractivity contribution is -0.115. The molecule has 1 amide bonds. The van der Waals surface area contributed by atoms with Crippen molar-refractivity contribution in [3.05, 3.63) is 23.8 Å². The van der Waals surface area contributed by atoms with E-state index in [2.05, 4.69) is 10.3 Å². The fourth-order valence-corrected chi connectivity index (χ4v) is 3.12. The number of rotatable bonds is 4. The maximum Gasteiger partial charge on any atom is 0.227 e. The number of benzene rings is 1. The van der Waals surface area contributed by atoms with Gasteiger partial charge in [0.25, 0.3) is 0 Å². The van der Waals surface area contributed by atoms with Gasteiger partial charge in [-0.15, -0.1) is 0 Å². The molecule has 1 heterocycles. The Hall–Kier alpha value is -1.47. The van der Waals surface area contributed by atoms with Gasteiger partial charge in [-0.3, -0.25) is 4.79 Å². The van der Waals surface area contributed by atoms with Crippen molar-refractivity contribution in [2.45, 2.75) is 13.3 Å². The summed E-state index contributed by atoms with van der Waals surface area (Å²) < 4.78 is 23.0. The van der Waals surface area contributed by atoms with Gasteiger partial charge in [0.15, 0.2) is 5.13 Å². The number of aryl methyl sites for hydroxylation is 1. The summed E-state index contributed by atoms with van der Waals surface area (Å²) in [6.07, 6.45) is 1.06. The monoisotopic (exact) mass is 298 g/mol. The van der Waals surface area contributed by atoms with Gasteiger partial charge in [-0.05, 0) is 18.6 Å². The maximum absolute atomic E-state index is 11.6. The summed E-state index contributed by atoms with van der Waals surface area (Å²) in [6.45, 7) is 1.96. The second-order valence-electron chi connectivity index (χ2n) is 4.37. The van der Waals surface area contributed by atoms with Gasteiger partial charge >= 0.3 is 0 Å². The lowest BCUT2D eigenvalue weighted by Gasteiger charge is -1.99. The first kappa shape index (κ1) is 14.0. The lowest BCUT2D eigenvalue weighted by atomic mass is 10.2. The summed E-state index contributed by atoms with van der Waals surface area (Å²) in [7, 11) is -3.12. The van der Waals surface area contributed by atoms with Crippen LogP contribution in [0.3, 0.4) is 0 Å². The third-order valence-electron chi connectivity index (χ3n) is 2.57. The van der Waals surface area contributed by atoms with Crippen LogP contribution in [0.4, 0.5) is 5.13 Å². The Kier molecular flexibility index (Phi) is 3.86. The minimum Gasteiger partial charge on any atom is -0.302 e. The first-order valence-electron chi connectivity index (χ1n) is 5.69. The van der Waals surface area contributed by atoms with Gasteiger partial charge in [0.05, 0.1) is 16.0 Å². The van der Waals surface area contributed by atoms with Gasteiger partial charge in [0.2, 0.25) is 5.91 Å². The van der Waals surface area contributed by atoms with Crippen LogP contribution in [0.25, 0.3) is 10.2 Å². The molecule has 2 aromatic rings. The molecule has 5 nitrogen and oxygen atoms in total. The number of carbonyl (C=O) groups is 1. The highest BCUT2D eigenvalue weighted by Gasteiger charge is 2.11. The van der Waals surface area contributed by atoms with E-state index in [-0.39, 0.29) is 18.1 Å². The Morgan fingerprint density at radius 1 is 1.42 bits per heavy atom. The fraction of sp³-hybridized carbons (Fsp3) is 0.333. The fourth-order valence-electron chi connectivity index (χ4n) is 1.60. The maximum atomic E-state index is 11.6. The average Bonchev–Trinajstić information content (AvgIpc) is 2.69. The molecule has 1 N–H and O–H groups in total. The van der Waals surface area contributed by atoms with E-state index in [1.54, 1.807) is 0 Å². The minimum absolute atomic E-state index is 0.0479. The Labute approximate surface area is 115 Å². The van der Waals surface area contributed by atoms with Crippen LogP contribution in [-0.4, -0.2) is 31.3 Å². The number of hydrogen-bond acceptors (Lipinski definition) is 5. The van der Waals surface area contributed by atoms with Crippen molar-refractivity contribution in [1.29, 1.82) is 0 Å². The lowest BCUT2D eigenvalue weighted by Crippen LogP contribution is -2.16. The Balaban J connectivity index is 2.09. The Morgan fingerprint density at radius 2 is 2.16 bits per heavy atom. The van der Waals surface area contributed by atoms with Crippen molar-refractivity contribution in [3.63, 3.8) is 0 Å². The number of amides is 1. The van der Waals surface area contributed by atoms with E-state index >= 15 is 0 Å². The van der Waals surface area contributed by atoms with Crippen LogP contribution in [-0.2, 0) is 14.6 Å². The molecule has 2 rings (SSSR count). The summed E-state index contributed by atoms with van der Waals surface area (Å²) in [6, 6.07) is 5.83. The van der Waals surface area contributed by atoms with Crippen LogP contribution in [0.1, 0.15) is 12.0 Å². The van der Waals surface area contributed by atoms with Crippen molar-refractivity contribution >= 4 is 42.4 Å². The summed E-state index contributed by atoms with van der Waals surface area (Å²) in [5, 5.41) is 3.14. The zero-order chi connectivity index (χ0) is 14.0. The number of carbonyl (C=O) groups excluding carboxylic acids is 1. The molecule has 0 atom stereocenters. The SMILES string of the molecule is Cc1cccc2sc(NC(=O)CCS(C)(=O)=O)nc12. The van der Waals surface area contributed by atoms with E-state index in [0.717, 1.165) is 22.0 Å². The predicted molar refractivity (Wildman–Crippen MR) is 77.3 cm³/mol. The second kappa shape index (κ2) is 5.26. The zero-order valence-electron chi connectivity index (χ0n) is 10.6. The zero-order valence-corrected chi connectivity index (χ0v) is 12.3. The van der Waals surface area contributed by atoms with Crippen molar-refractivity contribution in [2.24, 2.45) is 0 Å². The predicted octanol–water partition coefficient (Wildman–Crippen LogP) is 1.98. The summed E-state index contributed by atoms with van der Waals surface area (Å²) in [5.41, 5.74) is 1.91. The highest BCUT2D eigenvalue weighted by Crippen LogP contribution is 2.27. The molecule has 0 radical (unpaired) electrons. The molecule has 0 saturated heterocycles. The molecular weight excluding hydrogens is 284 g/mol. The summed E-state index contributed by atoms with van der Waals surface area (Å²) in [5.74, 6) is -0.481. The highest BCUT2D eigenvalue weighted by atomic mass is 32.2. The molecule has 0 aliphatic rings. The molecule has 0 fully saturated rings. The summed E-state index contributed by atoms with van der Waals surface area (Å²) in [4.78, 5) is 15.9. The number of aromatic nitrogens is 1. The molecule has 1 aromatic carbocycles. The van der Waals surface area contributed by atoms with Gasteiger partial charge in [0, 0.05) is 12.7 Å². The van der Waals surface area contributed by atoms with E-state index < -0.39 is 9.84 Å². The van der Waals surface area contributed by atoms with Crippen molar-refractivity contribution < 1.29 is 13.2 Å². The largest absolute Gasteiger partial charge is 0.302 e. The molecule has 0 unspecified atom stereocenters. The molecule has 0 bridgehead atoms. The van der Waals surface area contributed by atoms with Crippen LogP contribution in [0.5, 0.6) is 0 Å². The number of nitrogens with zero attached hydrogens (tertiary/aromatic N) is 1. The molecule has 0 saturated carbocycles. The number of nitrogens with one attached hydrogen (secondary N) is 1. The van der Waals surface area contributed by atoms with E-state index in [1.165, 1.54) is 11.3 Å². The van der Waals surface area contributed by atoms with E-state index in [9.17, 15) is 13.2 Å². The Morgan fingerprint density at radius 3 is 2.79 bits per heavy atom. The van der Waals surface area contributed by atoms with Crippen LogP contribution in [0, 0.1) is 6.92 Å². The second-order valence-corrected chi connectivity index (χ2v) is 7.66. The first-order valence-corrected chi connectivity index (χ1v) is 8.56. The highest BCUT2D eigenvalue weighted by molar-refractivity contribution is 7.90. The molecule has 0 aliphatic heterocycles. The van der Waals surface area contributed by atoms with Gasteiger partial charge in [0.1, 0.15) is 9.84 Å². The molecule has 102 valence electrons.